The lowest BCUT2D eigenvalue weighted by molar-refractivity contribution is -0.154. The Morgan fingerprint density at radius 3 is 2.41 bits per heavy atom. The van der Waals surface area contributed by atoms with E-state index in [2.05, 4.69) is 5.32 Å². The van der Waals surface area contributed by atoms with Crippen LogP contribution in [0.4, 0.5) is 0 Å². The molecule has 1 aliphatic heterocycles. The van der Waals surface area contributed by atoms with Crippen LogP contribution >= 0.6 is 11.6 Å². The number of likely N-dealkylation sites (tertiary alicyclic amines) is 1. The van der Waals surface area contributed by atoms with Crippen molar-refractivity contribution in [3.63, 3.8) is 0 Å². The minimum Gasteiger partial charge on any atom is -0.469 e. The van der Waals surface area contributed by atoms with Gasteiger partial charge in [-0.2, -0.15) is 0 Å². The van der Waals surface area contributed by atoms with Gasteiger partial charge in [0.05, 0.1) is 13.0 Å². The summed E-state index contributed by atoms with van der Waals surface area (Å²) in [6.07, 6.45) is 1.58. The van der Waals surface area contributed by atoms with Crippen molar-refractivity contribution in [1.29, 1.82) is 0 Å². The molecule has 0 spiro atoms. The van der Waals surface area contributed by atoms with E-state index >= 15 is 0 Å². The number of esters is 2. The number of benzene rings is 1. The number of halogens is 1. The predicted octanol–water partition coefficient (Wildman–Crippen LogP) is 1.80. The minimum absolute atomic E-state index is 0.0958. The molecule has 29 heavy (non-hydrogen) atoms. The smallest absolute Gasteiger partial charge is 0.308 e. The molecule has 1 fully saturated rings. The van der Waals surface area contributed by atoms with Crippen LogP contribution in [-0.2, 0) is 23.9 Å². The number of carbonyl (C=O) groups is 4. The van der Waals surface area contributed by atoms with E-state index in [-0.39, 0.29) is 36.7 Å². The lowest BCUT2D eigenvalue weighted by Gasteiger charge is -2.30. The fraction of sp³-hybridized carbons (Fsp3) is 0.500. The first-order valence-corrected chi connectivity index (χ1v) is 9.83. The summed E-state index contributed by atoms with van der Waals surface area (Å²) in [7, 11) is 1.35. The van der Waals surface area contributed by atoms with Crippen LogP contribution in [0.2, 0.25) is 5.02 Å². The molecule has 0 aromatic heterocycles. The summed E-state index contributed by atoms with van der Waals surface area (Å²) in [6.45, 7) is 0.865. The van der Waals surface area contributed by atoms with Gasteiger partial charge in [-0.05, 0) is 43.5 Å². The fourth-order valence-corrected chi connectivity index (χ4v) is 3.10. The summed E-state index contributed by atoms with van der Waals surface area (Å²) < 4.78 is 9.72. The number of nitrogens with zero attached hydrogens (tertiary/aromatic N) is 1. The largest absolute Gasteiger partial charge is 0.469 e. The minimum atomic E-state index is -0.497. The van der Waals surface area contributed by atoms with Crippen molar-refractivity contribution in [2.45, 2.75) is 25.7 Å². The van der Waals surface area contributed by atoms with Gasteiger partial charge in [-0.1, -0.05) is 11.6 Å². The highest BCUT2D eigenvalue weighted by molar-refractivity contribution is 6.30. The predicted molar refractivity (Wildman–Crippen MR) is 105 cm³/mol. The first-order chi connectivity index (χ1) is 13.9. The van der Waals surface area contributed by atoms with Crippen LogP contribution in [0.15, 0.2) is 24.3 Å². The Morgan fingerprint density at radius 2 is 1.79 bits per heavy atom. The van der Waals surface area contributed by atoms with E-state index in [0.717, 1.165) is 0 Å². The van der Waals surface area contributed by atoms with E-state index < -0.39 is 5.97 Å². The third kappa shape index (κ3) is 7.38. The van der Waals surface area contributed by atoms with Gasteiger partial charge in [0.25, 0.3) is 11.8 Å². The fourth-order valence-electron chi connectivity index (χ4n) is 2.97. The van der Waals surface area contributed by atoms with Crippen LogP contribution in [-0.4, -0.2) is 62.0 Å². The second-order valence-corrected chi connectivity index (χ2v) is 7.14. The Balaban J connectivity index is 1.58. The number of hydrogen-bond donors (Lipinski definition) is 1. The van der Waals surface area contributed by atoms with Crippen molar-refractivity contribution >= 4 is 35.4 Å². The van der Waals surface area contributed by atoms with Crippen molar-refractivity contribution in [3.8, 4) is 0 Å². The molecule has 9 heteroatoms. The van der Waals surface area contributed by atoms with Crippen LogP contribution in [0.1, 0.15) is 36.0 Å². The van der Waals surface area contributed by atoms with Gasteiger partial charge in [0.2, 0.25) is 0 Å². The first kappa shape index (κ1) is 22.7. The van der Waals surface area contributed by atoms with Gasteiger partial charge in [0.1, 0.15) is 0 Å². The Kier molecular flexibility index (Phi) is 8.92. The van der Waals surface area contributed by atoms with Crippen LogP contribution in [0.5, 0.6) is 0 Å². The van der Waals surface area contributed by atoms with Gasteiger partial charge in [0, 0.05) is 36.6 Å². The molecule has 158 valence electrons. The van der Waals surface area contributed by atoms with Crippen LogP contribution in [0.3, 0.4) is 0 Å². The van der Waals surface area contributed by atoms with Gasteiger partial charge in [-0.25, -0.2) is 0 Å². The molecule has 0 bridgehead atoms. The molecular weight excluding hydrogens is 400 g/mol. The van der Waals surface area contributed by atoms with Crippen molar-refractivity contribution in [1.82, 2.24) is 10.2 Å². The Bertz CT molecular complexity index is 729. The normalized spacial score (nSPS) is 14.2. The van der Waals surface area contributed by atoms with Crippen LogP contribution in [0.25, 0.3) is 0 Å². The maximum absolute atomic E-state index is 12.1. The SMILES string of the molecule is COC(=O)C1CCN(C(=O)COC(=O)CCCNC(=O)c2ccc(Cl)cc2)CC1. The molecule has 0 saturated carbocycles. The third-order valence-electron chi connectivity index (χ3n) is 4.69. The second-order valence-electron chi connectivity index (χ2n) is 6.71. The number of carbonyl (C=O) groups excluding carboxylic acids is 4. The van der Waals surface area contributed by atoms with Gasteiger partial charge in [-0.3, -0.25) is 19.2 Å². The standard InChI is InChI=1S/C20H25ClN2O6/c1-28-20(27)15-8-11-23(12-9-15)17(24)13-29-18(25)3-2-10-22-19(26)14-4-6-16(21)7-5-14/h4-7,15H,2-3,8-13H2,1H3,(H,22,26). The van der Waals surface area contributed by atoms with Gasteiger partial charge >= 0.3 is 11.9 Å². The topological polar surface area (TPSA) is 102 Å². The monoisotopic (exact) mass is 424 g/mol. The highest BCUT2D eigenvalue weighted by atomic mass is 35.5. The average molecular weight is 425 g/mol. The molecule has 1 aromatic carbocycles. The zero-order valence-electron chi connectivity index (χ0n) is 16.3. The lowest BCUT2D eigenvalue weighted by atomic mass is 9.97. The number of methoxy groups -OCH3 is 1. The van der Waals surface area contributed by atoms with E-state index in [1.165, 1.54) is 7.11 Å². The maximum atomic E-state index is 12.1. The number of nitrogens with one attached hydrogen (secondary N) is 1. The number of rotatable bonds is 8. The Hall–Kier alpha value is -2.61. The van der Waals surface area contributed by atoms with Gasteiger partial charge in [0.15, 0.2) is 6.61 Å². The number of ether oxygens (including phenoxy) is 2. The van der Waals surface area contributed by atoms with Crippen LogP contribution in [0, 0.1) is 5.92 Å². The molecule has 1 aliphatic rings. The second kappa shape index (κ2) is 11.4. The van der Waals surface area contributed by atoms with Crippen molar-refractivity contribution in [3.05, 3.63) is 34.9 Å². The molecule has 0 atom stereocenters. The van der Waals surface area contributed by atoms with Crippen molar-refractivity contribution < 1.29 is 28.7 Å². The van der Waals surface area contributed by atoms with E-state index in [9.17, 15) is 19.2 Å². The molecule has 0 unspecified atom stereocenters. The Morgan fingerprint density at radius 1 is 1.14 bits per heavy atom. The highest BCUT2D eigenvalue weighted by Crippen LogP contribution is 2.18. The molecule has 1 heterocycles. The van der Waals surface area contributed by atoms with Gasteiger partial charge < -0.3 is 19.7 Å². The van der Waals surface area contributed by atoms with E-state index in [1.54, 1.807) is 29.2 Å². The van der Waals surface area contributed by atoms with Crippen molar-refractivity contribution in [2.24, 2.45) is 5.92 Å². The zero-order valence-corrected chi connectivity index (χ0v) is 17.1. The molecular formula is C20H25ClN2O6. The molecule has 0 aliphatic carbocycles. The molecule has 1 N–H and O–H groups in total. The van der Waals surface area contributed by atoms with Crippen molar-refractivity contribution in [2.75, 3.05) is 33.4 Å². The molecule has 2 rings (SSSR count). The molecule has 1 aromatic rings. The lowest BCUT2D eigenvalue weighted by Crippen LogP contribution is -2.42. The quantitative estimate of drug-likeness (QED) is 0.504. The maximum Gasteiger partial charge on any atom is 0.308 e. The highest BCUT2D eigenvalue weighted by Gasteiger charge is 2.28. The summed E-state index contributed by atoms with van der Waals surface area (Å²) in [6, 6.07) is 6.49. The molecule has 2 amide bonds. The van der Waals surface area contributed by atoms with Gasteiger partial charge in [-0.15, -0.1) is 0 Å². The van der Waals surface area contributed by atoms with E-state index in [0.29, 0.717) is 49.5 Å². The summed E-state index contributed by atoms with van der Waals surface area (Å²) in [5, 5.41) is 3.25. The Labute approximate surface area is 174 Å². The molecule has 1 saturated heterocycles. The number of amides is 2. The number of hydrogen-bond acceptors (Lipinski definition) is 6. The van der Waals surface area contributed by atoms with Crippen LogP contribution < -0.4 is 5.32 Å². The third-order valence-corrected chi connectivity index (χ3v) is 4.94. The zero-order chi connectivity index (χ0) is 21.2. The summed E-state index contributed by atoms with van der Waals surface area (Å²) >= 11 is 5.78. The molecule has 8 nitrogen and oxygen atoms in total. The molecule has 0 radical (unpaired) electrons. The summed E-state index contributed by atoms with van der Waals surface area (Å²) in [5.74, 6) is -1.47. The first-order valence-electron chi connectivity index (χ1n) is 9.45. The summed E-state index contributed by atoms with van der Waals surface area (Å²) in [4.78, 5) is 48.9. The van der Waals surface area contributed by atoms with E-state index in [1.807, 2.05) is 0 Å². The van der Waals surface area contributed by atoms with E-state index in [4.69, 9.17) is 21.1 Å². The number of piperidine rings is 1. The summed E-state index contributed by atoms with van der Waals surface area (Å²) in [5.41, 5.74) is 0.485. The average Bonchev–Trinajstić information content (AvgIpc) is 2.74.